The molecule has 1 amide bonds. The number of nitrogens with one attached hydrogen (secondary N) is 2. The molecule has 0 fully saturated rings. The molecule has 0 saturated heterocycles. The highest BCUT2D eigenvalue weighted by Gasteiger charge is 2.24. The van der Waals surface area contributed by atoms with E-state index in [1.165, 1.54) is 5.56 Å². The Balaban J connectivity index is 2.39. The largest absolute Gasteiger partial charge is 0.444 e. The minimum atomic E-state index is -0.478. The molecule has 4 heteroatoms. The van der Waals surface area contributed by atoms with E-state index in [2.05, 4.69) is 41.8 Å². The number of carbonyl (C=O) groups is 1. The molecular formula is C18H30N2O2. The van der Waals surface area contributed by atoms with Crippen LogP contribution in [-0.4, -0.2) is 29.8 Å². The molecule has 0 saturated carbocycles. The summed E-state index contributed by atoms with van der Waals surface area (Å²) in [5, 5.41) is 6.38. The number of hydrogen-bond donors (Lipinski definition) is 2. The first-order chi connectivity index (χ1) is 10.1. The number of carbonyl (C=O) groups excluding carboxylic acids is 1. The molecule has 2 N–H and O–H groups in total. The maximum atomic E-state index is 11.8. The Bertz CT molecular complexity index is 464. The third kappa shape index (κ3) is 8.03. The molecule has 0 aromatic heterocycles. The molecule has 4 nitrogen and oxygen atoms in total. The maximum Gasteiger partial charge on any atom is 0.408 e. The van der Waals surface area contributed by atoms with Gasteiger partial charge in [0, 0.05) is 12.6 Å². The number of rotatable bonds is 6. The van der Waals surface area contributed by atoms with Crippen LogP contribution < -0.4 is 10.6 Å². The summed E-state index contributed by atoms with van der Waals surface area (Å²) in [5.41, 5.74) is 0.460. The summed E-state index contributed by atoms with van der Waals surface area (Å²) >= 11 is 0. The summed E-state index contributed by atoms with van der Waals surface area (Å²) in [6, 6.07) is 10.7. The second-order valence-electron chi connectivity index (χ2n) is 7.48. The topological polar surface area (TPSA) is 50.4 Å². The van der Waals surface area contributed by atoms with E-state index < -0.39 is 5.60 Å². The number of ether oxygens (including phenoxy) is 1. The van der Waals surface area contributed by atoms with Crippen molar-refractivity contribution in [2.24, 2.45) is 0 Å². The van der Waals surface area contributed by atoms with E-state index in [0.717, 1.165) is 6.42 Å². The Morgan fingerprint density at radius 2 is 1.73 bits per heavy atom. The molecule has 0 aliphatic carbocycles. The van der Waals surface area contributed by atoms with Crippen molar-refractivity contribution in [1.82, 2.24) is 10.6 Å². The molecule has 1 atom stereocenters. The molecule has 0 aliphatic rings. The van der Waals surface area contributed by atoms with Crippen molar-refractivity contribution in [3.63, 3.8) is 0 Å². The van der Waals surface area contributed by atoms with Crippen molar-refractivity contribution in [1.29, 1.82) is 0 Å². The smallest absolute Gasteiger partial charge is 0.408 e. The Morgan fingerprint density at radius 1 is 1.14 bits per heavy atom. The second kappa shape index (κ2) is 7.63. The van der Waals surface area contributed by atoms with Gasteiger partial charge in [-0.2, -0.15) is 0 Å². The summed E-state index contributed by atoms with van der Waals surface area (Å²) in [6.45, 7) is 12.4. The van der Waals surface area contributed by atoms with Gasteiger partial charge in [0.25, 0.3) is 0 Å². The van der Waals surface area contributed by atoms with Gasteiger partial charge in [-0.15, -0.1) is 0 Å². The maximum absolute atomic E-state index is 11.8. The van der Waals surface area contributed by atoms with Crippen molar-refractivity contribution < 1.29 is 9.53 Å². The zero-order valence-electron chi connectivity index (χ0n) is 14.7. The quantitative estimate of drug-likeness (QED) is 0.845. The van der Waals surface area contributed by atoms with Crippen LogP contribution in [0, 0.1) is 0 Å². The average Bonchev–Trinajstić information content (AvgIpc) is 2.34. The summed E-state index contributed by atoms with van der Waals surface area (Å²) in [4.78, 5) is 11.8. The summed E-state index contributed by atoms with van der Waals surface area (Å²) < 4.78 is 5.30. The van der Waals surface area contributed by atoms with Crippen LogP contribution >= 0.6 is 0 Å². The highest BCUT2D eigenvalue weighted by molar-refractivity contribution is 5.68. The third-order valence-electron chi connectivity index (χ3n) is 3.12. The van der Waals surface area contributed by atoms with Crippen molar-refractivity contribution in [2.75, 3.05) is 6.54 Å². The van der Waals surface area contributed by atoms with E-state index in [4.69, 9.17) is 4.74 Å². The van der Waals surface area contributed by atoms with Gasteiger partial charge < -0.3 is 15.4 Å². The van der Waals surface area contributed by atoms with E-state index >= 15 is 0 Å². The lowest BCUT2D eigenvalue weighted by Crippen LogP contribution is -2.53. The van der Waals surface area contributed by atoms with Crippen LogP contribution in [0.25, 0.3) is 0 Å². The highest BCUT2D eigenvalue weighted by atomic mass is 16.6. The fourth-order valence-corrected chi connectivity index (χ4v) is 2.09. The molecule has 0 heterocycles. The van der Waals surface area contributed by atoms with Gasteiger partial charge in [0.2, 0.25) is 0 Å². The van der Waals surface area contributed by atoms with Gasteiger partial charge in [-0.3, -0.25) is 0 Å². The Morgan fingerprint density at radius 3 is 2.27 bits per heavy atom. The number of benzene rings is 1. The molecule has 0 bridgehead atoms. The lowest BCUT2D eigenvalue weighted by Gasteiger charge is -2.30. The fourth-order valence-electron chi connectivity index (χ4n) is 2.09. The molecular weight excluding hydrogens is 276 g/mol. The summed E-state index contributed by atoms with van der Waals surface area (Å²) in [5.74, 6) is 0. The van der Waals surface area contributed by atoms with Crippen LogP contribution in [0.4, 0.5) is 4.79 Å². The van der Waals surface area contributed by atoms with E-state index in [1.54, 1.807) is 0 Å². The number of alkyl carbamates (subject to hydrolysis) is 1. The van der Waals surface area contributed by atoms with E-state index in [1.807, 2.05) is 40.7 Å². The zero-order valence-corrected chi connectivity index (χ0v) is 14.7. The van der Waals surface area contributed by atoms with Gasteiger partial charge in [-0.25, -0.2) is 4.79 Å². The average molecular weight is 306 g/mol. The Kier molecular flexibility index (Phi) is 6.42. The van der Waals surface area contributed by atoms with Crippen LogP contribution in [0.2, 0.25) is 0 Å². The number of hydrogen-bond acceptors (Lipinski definition) is 3. The molecule has 1 aromatic rings. The predicted octanol–water partition coefficient (Wildman–Crippen LogP) is 3.51. The highest BCUT2D eigenvalue weighted by Crippen LogP contribution is 2.09. The van der Waals surface area contributed by atoms with Crippen LogP contribution in [0.5, 0.6) is 0 Å². The van der Waals surface area contributed by atoms with Gasteiger partial charge in [-0.1, -0.05) is 30.3 Å². The SMILES string of the molecule is CC(Cc1ccccc1)NCC(C)(C)NC(=O)OC(C)(C)C. The molecule has 124 valence electrons. The molecule has 0 radical (unpaired) electrons. The van der Waals surface area contributed by atoms with Crippen LogP contribution in [0.15, 0.2) is 30.3 Å². The minimum Gasteiger partial charge on any atom is -0.444 e. The van der Waals surface area contributed by atoms with Crippen molar-refractivity contribution in [3.8, 4) is 0 Å². The van der Waals surface area contributed by atoms with Crippen LogP contribution in [0.1, 0.15) is 47.1 Å². The lowest BCUT2D eigenvalue weighted by atomic mass is 10.0. The van der Waals surface area contributed by atoms with Gasteiger partial charge in [0.1, 0.15) is 5.60 Å². The predicted molar refractivity (Wildman–Crippen MR) is 91.1 cm³/mol. The van der Waals surface area contributed by atoms with Gasteiger partial charge >= 0.3 is 6.09 Å². The summed E-state index contributed by atoms with van der Waals surface area (Å²) in [7, 11) is 0. The Labute approximate surface area is 134 Å². The van der Waals surface area contributed by atoms with Gasteiger partial charge in [0.15, 0.2) is 0 Å². The second-order valence-corrected chi connectivity index (χ2v) is 7.48. The minimum absolute atomic E-state index is 0.335. The normalized spacial score (nSPS) is 13.5. The fraction of sp³-hybridized carbons (Fsp3) is 0.611. The van der Waals surface area contributed by atoms with E-state index in [-0.39, 0.29) is 11.6 Å². The van der Waals surface area contributed by atoms with Crippen molar-refractivity contribution in [3.05, 3.63) is 35.9 Å². The zero-order chi connectivity index (χ0) is 16.8. The third-order valence-corrected chi connectivity index (χ3v) is 3.12. The molecule has 22 heavy (non-hydrogen) atoms. The first kappa shape index (κ1) is 18.5. The van der Waals surface area contributed by atoms with E-state index in [9.17, 15) is 4.79 Å². The molecule has 0 aliphatic heterocycles. The summed E-state index contributed by atoms with van der Waals surface area (Å²) in [6.07, 6.45) is 0.582. The van der Waals surface area contributed by atoms with Crippen LogP contribution in [0.3, 0.4) is 0 Å². The van der Waals surface area contributed by atoms with Crippen molar-refractivity contribution in [2.45, 2.75) is 65.1 Å². The molecule has 0 spiro atoms. The first-order valence-corrected chi connectivity index (χ1v) is 7.86. The molecule has 1 unspecified atom stereocenters. The van der Waals surface area contributed by atoms with Crippen molar-refractivity contribution >= 4 is 6.09 Å². The van der Waals surface area contributed by atoms with Gasteiger partial charge in [0.05, 0.1) is 5.54 Å². The van der Waals surface area contributed by atoms with Gasteiger partial charge in [-0.05, 0) is 53.5 Å². The van der Waals surface area contributed by atoms with E-state index in [0.29, 0.717) is 12.6 Å². The molecule has 1 aromatic carbocycles. The lowest BCUT2D eigenvalue weighted by molar-refractivity contribution is 0.0471. The molecule has 1 rings (SSSR count). The standard InChI is InChI=1S/C18H30N2O2/c1-14(12-15-10-8-7-9-11-15)19-13-18(5,6)20-16(21)22-17(2,3)4/h7-11,14,19H,12-13H2,1-6H3,(H,20,21). The number of amides is 1. The first-order valence-electron chi connectivity index (χ1n) is 7.86. The Hall–Kier alpha value is -1.55. The van der Waals surface area contributed by atoms with Crippen LogP contribution in [-0.2, 0) is 11.2 Å². The monoisotopic (exact) mass is 306 g/mol.